The van der Waals surface area contributed by atoms with Gasteiger partial charge in [0, 0.05) is 16.9 Å². The van der Waals surface area contributed by atoms with E-state index in [1.807, 2.05) is 24.3 Å². The normalized spacial score (nSPS) is 15.0. The summed E-state index contributed by atoms with van der Waals surface area (Å²) in [6.07, 6.45) is -9.99. The molecular formula is C19H15F6N. The van der Waals surface area contributed by atoms with Crippen LogP contribution in [0.4, 0.5) is 32.0 Å². The minimum Gasteiger partial charge on any atom is -0.355 e. The molecule has 0 fully saturated rings. The van der Waals surface area contributed by atoms with Crippen molar-refractivity contribution in [2.24, 2.45) is 0 Å². The van der Waals surface area contributed by atoms with Gasteiger partial charge in [-0.1, -0.05) is 43.0 Å². The Balaban J connectivity index is 2.02. The number of hydrogen-bond donors (Lipinski definition) is 1. The van der Waals surface area contributed by atoms with Gasteiger partial charge < -0.3 is 5.32 Å². The number of rotatable bonds is 1. The monoisotopic (exact) mass is 371 g/mol. The summed E-state index contributed by atoms with van der Waals surface area (Å²) >= 11 is 0. The molecule has 2 aromatic carbocycles. The molecule has 0 atom stereocenters. The van der Waals surface area contributed by atoms with Gasteiger partial charge in [-0.05, 0) is 35.6 Å². The molecule has 1 aliphatic rings. The number of benzene rings is 2. The highest BCUT2D eigenvalue weighted by Crippen LogP contribution is 2.47. The molecule has 138 valence electrons. The second-order valence-corrected chi connectivity index (χ2v) is 6.19. The molecular weight excluding hydrogens is 356 g/mol. The Kier molecular flexibility index (Phi) is 4.50. The lowest BCUT2D eigenvalue weighted by atomic mass is 9.90. The first-order chi connectivity index (χ1) is 12.1. The van der Waals surface area contributed by atoms with E-state index >= 15 is 0 Å². The van der Waals surface area contributed by atoms with Gasteiger partial charge in [0.25, 0.3) is 0 Å². The van der Waals surface area contributed by atoms with Crippen LogP contribution in [0.25, 0.3) is 5.70 Å². The molecule has 0 aromatic heterocycles. The van der Waals surface area contributed by atoms with Crippen LogP contribution in [0.1, 0.15) is 28.2 Å². The lowest BCUT2D eigenvalue weighted by Gasteiger charge is -2.26. The summed E-state index contributed by atoms with van der Waals surface area (Å²) in [6, 6.07) is 10.5. The highest BCUT2D eigenvalue weighted by atomic mass is 19.4. The average molecular weight is 371 g/mol. The van der Waals surface area contributed by atoms with Crippen molar-refractivity contribution in [3.63, 3.8) is 0 Å². The molecule has 7 heteroatoms. The van der Waals surface area contributed by atoms with Crippen molar-refractivity contribution in [1.82, 2.24) is 0 Å². The minimum absolute atomic E-state index is 0.322. The van der Waals surface area contributed by atoms with Gasteiger partial charge in [-0.25, -0.2) is 0 Å². The predicted octanol–water partition coefficient (Wildman–Crippen LogP) is 6.08. The Morgan fingerprint density at radius 1 is 0.846 bits per heavy atom. The molecule has 0 aliphatic carbocycles. The number of aryl methyl sites for hydroxylation is 2. The fourth-order valence-electron chi connectivity index (χ4n) is 3.22. The summed E-state index contributed by atoms with van der Waals surface area (Å²) in [6.45, 7) is 3.92. The standard InChI is InChI=1S/C19H15F6N/c1-11-15-5-3-2-4-12(15)6-7-13-10-14(8-9-16(13)26-11)17(18(20,21)22)19(23,24)25/h2-5,8-10,17,26H,1,6-7H2. The molecule has 0 unspecified atom stereocenters. The van der Waals surface area contributed by atoms with Crippen LogP contribution in [0, 0.1) is 0 Å². The maximum absolute atomic E-state index is 13.0. The maximum atomic E-state index is 13.0. The third kappa shape index (κ3) is 3.57. The zero-order chi connectivity index (χ0) is 19.1. The highest BCUT2D eigenvalue weighted by Gasteiger charge is 2.57. The van der Waals surface area contributed by atoms with E-state index in [2.05, 4.69) is 11.9 Å². The Labute approximate surface area is 146 Å². The lowest BCUT2D eigenvalue weighted by molar-refractivity contribution is -0.253. The number of hydrogen-bond acceptors (Lipinski definition) is 1. The molecule has 1 aliphatic heterocycles. The van der Waals surface area contributed by atoms with Crippen LogP contribution >= 0.6 is 0 Å². The largest absolute Gasteiger partial charge is 0.404 e. The van der Waals surface area contributed by atoms with Gasteiger partial charge in [0.2, 0.25) is 0 Å². The van der Waals surface area contributed by atoms with E-state index in [0.29, 0.717) is 29.8 Å². The van der Waals surface area contributed by atoms with Crippen LogP contribution in [0.15, 0.2) is 49.0 Å². The lowest BCUT2D eigenvalue weighted by Crippen LogP contribution is -2.34. The van der Waals surface area contributed by atoms with Gasteiger partial charge in [0.1, 0.15) is 0 Å². The van der Waals surface area contributed by atoms with E-state index in [4.69, 9.17) is 0 Å². The van der Waals surface area contributed by atoms with Gasteiger partial charge in [0.15, 0.2) is 5.92 Å². The smallest absolute Gasteiger partial charge is 0.355 e. The van der Waals surface area contributed by atoms with E-state index < -0.39 is 23.8 Å². The third-order valence-corrected chi connectivity index (χ3v) is 4.41. The molecule has 0 bridgehead atoms. The molecule has 1 nitrogen and oxygen atoms in total. The first kappa shape index (κ1) is 18.4. The number of halogens is 6. The SMILES string of the molecule is C=C1Nc2ccc(C(C(F)(F)F)C(F)(F)F)cc2CCc2ccccc21. The Hall–Kier alpha value is -2.44. The maximum Gasteiger partial charge on any atom is 0.404 e. The summed E-state index contributed by atoms with van der Waals surface area (Å²) in [5, 5.41) is 3.01. The molecule has 0 saturated heterocycles. The Bertz CT molecular complexity index is 821. The van der Waals surface area contributed by atoms with Crippen LogP contribution in [0.5, 0.6) is 0 Å². The molecule has 0 amide bonds. The van der Waals surface area contributed by atoms with Crippen molar-refractivity contribution in [3.05, 3.63) is 71.3 Å². The van der Waals surface area contributed by atoms with E-state index in [9.17, 15) is 26.3 Å². The predicted molar refractivity (Wildman–Crippen MR) is 87.8 cm³/mol. The zero-order valence-corrected chi connectivity index (χ0v) is 13.5. The minimum atomic E-state index is -5.41. The first-order valence-corrected chi connectivity index (χ1v) is 7.88. The van der Waals surface area contributed by atoms with Crippen LogP contribution in [-0.2, 0) is 12.8 Å². The highest BCUT2D eigenvalue weighted by molar-refractivity contribution is 5.79. The molecule has 0 spiro atoms. The van der Waals surface area contributed by atoms with Crippen molar-refractivity contribution in [1.29, 1.82) is 0 Å². The molecule has 0 radical (unpaired) electrons. The zero-order valence-electron chi connectivity index (χ0n) is 13.5. The second-order valence-electron chi connectivity index (χ2n) is 6.19. The van der Waals surface area contributed by atoms with Gasteiger partial charge in [-0.15, -0.1) is 0 Å². The summed E-state index contributed by atoms with van der Waals surface area (Å²) in [7, 11) is 0. The van der Waals surface area contributed by atoms with E-state index in [0.717, 1.165) is 23.3 Å². The van der Waals surface area contributed by atoms with Gasteiger partial charge in [0.05, 0.1) is 0 Å². The van der Waals surface area contributed by atoms with Gasteiger partial charge >= 0.3 is 12.4 Å². The van der Waals surface area contributed by atoms with Crippen molar-refractivity contribution in [3.8, 4) is 0 Å². The third-order valence-electron chi connectivity index (χ3n) is 4.41. The molecule has 1 N–H and O–H groups in total. The molecule has 1 heterocycles. The number of nitrogens with one attached hydrogen (secondary N) is 1. The van der Waals surface area contributed by atoms with E-state index in [-0.39, 0.29) is 0 Å². The number of anilines is 1. The van der Waals surface area contributed by atoms with Crippen molar-refractivity contribution in [2.45, 2.75) is 31.1 Å². The topological polar surface area (TPSA) is 12.0 Å². The van der Waals surface area contributed by atoms with E-state index in [1.54, 1.807) is 0 Å². The molecule has 3 rings (SSSR count). The first-order valence-electron chi connectivity index (χ1n) is 7.88. The van der Waals surface area contributed by atoms with Crippen LogP contribution < -0.4 is 5.32 Å². The molecule has 2 aromatic rings. The van der Waals surface area contributed by atoms with Crippen LogP contribution in [0.3, 0.4) is 0 Å². The fourth-order valence-corrected chi connectivity index (χ4v) is 3.22. The number of alkyl halides is 6. The Morgan fingerprint density at radius 3 is 2.12 bits per heavy atom. The molecule has 26 heavy (non-hydrogen) atoms. The van der Waals surface area contributed by atoms with Crippen molar-refractivity contribution < 1.29 is 26.3 Å². The summed E-state index contributed by atoms with van der Waals surface area (Å²) in [5.41, 5.74) is 2.44. The van der Waals surface area contributed by atoms with Gasteiger partial charge in [-0.2, -0.15) is 26.3 Å². The Morgan fingerprint density at radius 2 is 1.46 bits per heavy atom. The average Bonchev–Trinajstić information content (AvgIpc) is 2.51. The summed E-state index contributed by atoms with van der Waals surface area (Å²) < 4.78 is 77.9. The number of fused-ring (bicyclic) bond motifs is 2. The van der Waals surface area contributed by atoms with Crippen molar-refractivity contribution in [2.75, 3.05) is 5.32 Å². The van der Waals surface area contributed by atoms with Crippen LogP contribution in [-0.4, -0.2) is 12.4 Å². The fraction of sp³-hybridized carbons (Fsp3) is 0.263. The van der Waals surface area contributed by atoms with Gasteiger partial charge in [-0.3, -0.25) is 0 Å². The second kappa shape index (κ2) is 6.37. The summed E-state index contributed by atoms with van der Waals surface area (Å²) in [4.78, 5) is 0. The quantitative estimate of drug-likeness (QED) is 0.600. The van der Waals surface area contributed by atoms with Crippen LogP contribution in [0.2, 0.25) is 0 Å². The van der Waals surface area contributed by atoms with E-state index in [1.165, 1.54) is 6.07 Å². The summed E-state index contributed by atoms with van der Waals surface area (Å²) in [5.74, 6) is -3.50. The molecule has 0 saturated carbocycles. The van der Waals surface area contributed by atoms with Crippen molar-refractivity contribution >= 4 is 11.4 Å².